The SMILES string of the molecule is C.Cc1cc(C)c(S(=O)(=O)N[C@@H](CNC(=O)c2cn(CCCNC(=O)CCC(=O)NCCCOCCCNC(=O)c3ccc(N/N=C/c4ccccc4S(=O)(=O)O)nc3)c3cc(CNc4ncc[nH]4)ccc3c2=O)C(=O)O)c(C)c1.[3H]F. The third-order valence-corrected chi connectivity index (χ3v) is 14.6. The number of aromatic nitrogens is 4. The zero-order chi connectivity index (χ0) is 59.1. The van der Waals surface area contributed by atoms with Gasteiger partial charge in [-0.15, -0.1) is 0 Å². The number of pyridine rings is 2. The number of carboxylic acids is 1. The Balaban J connectivity index is 0.00000476. The lowest BCUT2D eigenvalue weighted by atomic mass is 10.1. The molecule has 0 fully saturated rings. The number of fused-ring (bicyclic) bond motifs is 1. The topological polar surface area (TPSA) is 363 Å². The van der Waals surface area contributed by atoms with E-state index < -0.39 is 50.0 Å². The van der Waals surface area contributed by atoms with Gasteiger partial charge in [0.1, 0.15) is 22.3 Å². The number of hydrogen-bond acceptors (Lipinski definition) is 16. The third kappa shape index (κ3) is 19.4. The summed E-state index contributed by atoms with van der Waals surface area (Å²) in [4.78, 5) is 88.4. The van der Waals surface area contributed by atoms with Gasteiger partial charge >= 0.3 is 5.97 Å². The number of hydrogen-bond donors (Lipinski definition) is 10. The number of anilines is 2. The summed E-state index contributed by atoms with van der Waals surface area (Å²) in [7, 11) is -8.78. The number of rotatable bonds is 30. The van der Waals surface area contributed by atoms with Gasteiger partial charge in [0.25, 0.3) is 23.4 Å². The molecule has 3 aromatic carbocycles. The summed E-state index contributed by atoms with van der Waals surface area (Å²) < 4.78 is 81.7. The van der Waals surface area contributed by atoms with Crippen LogP contribution in [-0.4, -0.2) is 129 Å². The molecule has 10 N–H and O–H groups in total. The van der Waals surface area contributed by atoms with Gasteiger partial charge in [0.2, 0.25) is 27.3 Å². The molecule has 28 heteroatoms. The van der Waals surface area contributed by atoms with Crippen LogP contribution in [0.1, 0.15) is 88.1 Å². The van der Waals surface area contributed by atoms with Gasteiger partial charge in [0, 0.05) is 101 Å². The largest absolute Gasteiger partial charge is 0.480 e. The molecule has 1 atom stereocenters. The Morgan fingerprint density at radius 3 is 2.15 bits per heavy atom. The van der Waals surface area contributed by atoms with Crippen molar-refractivity contribution in [2.24, 2.45) is 5.10 Å². The lowest BCUT2D eigenvalue weighted by Gasteiger charge is -2.19. The number of aryl methyl sites for hydroxylation is 4. The van der Waals surface area contributed by atoms with Crippen LogP contribution < -0.4 is 42.2 Å². The summed E-state index contributed by atoms with van der Waals surface area (Å²) in [5.41, 5.74) is 5.04. The van der Waals surface area contributed by atoms with Crippen LogP contribution >= 0.6 is 0 Å². The summed E-state index contributed by atoms with van der Waals surface area (Å²) >= 11 is 0. The molecular formula is C53H67FN12O13S2. The maximum atomic E-state index is 13.8. The molecular weight excluding hydrogens is 1100 g/mol. The minimum atomic E-state index is -4.43. The van der Waals surface area contributed by atoms with E-state index in [9.17, 15) is 55.3 Å². The summed E-state index contributed by atoms with van der Waals surface area (Å²) in [6.07, 6.45) is 8.38. The van der Waals surface area contributed by atoms with Crippen molar-refractivity contribution in [3.63, 3.8) is 0 Å². The van der Waals surface area contributed by atoms with Crippen molar-refractivity contribution in [1.82, 2.24) is 45.5 Å². The van der Waals surface area contributed by atoms with Crippen LogP contribution in [0.5, 0.6) is 0 Å². The van der Waals surface area contributed by atoms with Gasteiger partial charge in [-0.05, 0) is 87.1 Å². The highest BCUT2D eigenvalue weighted by atomic mass is 32.2. The quantitative estimate of drug-likeness (QED) is 0.0132. The molecule has 0 spiro atoms. The predicted molar refractivity (Wildman–Crippen MR) is 302 cm³/mol. The highest BCUT2D eigenvalue weighted by Gasteiger charge is 2.29. The van der Waals surface area contributed by atoms with Crippen LogP contribution in [-0.2, 0) is 52.4 Å². The van der Waals surface area contributed by atoms with E-state index >= 15 is 0 Å². The molecule has 0 unspecified atom stereocenters. The van der Waals surface area contributed by atoms with Crippen LogP contribution in [0.2, 0.25) is 0 Å². The highest BCUT2D eigenvalue weighted by molar-refractivity contribution is 7.89. The number of nitrogens with one attached hydrogen (secondary N) is 8. The molecule has 6 rings (SSSR count). The molecule has 0 saturated carbocycles. The maximum Gasteiger partial charge on any atom is 0.323 e. The fraction of sp³-hybridized carbons (Fsp3) is 0.340. The van der Waals surface area contributed by atoms with Gasteiger partial charge in [-0.1, -0.05) is 49.4 Å². The number of H-pyrrole nitrogens is 1. The van der Waals surface area contributed by atoms with E-state index in [1.54, 1.807) is 74.1 Å². The number of halogens is 1. The monoisotopic (exact) mass is 1160 g/mol. The van der Waals surface area contributed by atoms with E-state index in [1.165, 1.54) is 48.9 Å². The number of carboxylic acid groups (broad SMARTS) is 1. The van der Waals surface area contributed by atoms with E-state index in [4.69, 9.17) is 9.45 Å². The first-order valence-corrected chi connectivity index (χ1v) is 27.8. The molecule has 0 radical (unpaired) electrons. The van der Waals surface area contributed by atoms with Crippen LogP contribution in [0.25, 0.3) is 10.9 Å². The van der Waals surface area contributed by atoms with Gasteiger partial charge in [-0.25, -0.2) is 18.4 Å². The number of amides is 4. The van der Waals surface area contributed by atoms with Crippen LogP contribution in [0, 0.1) is 20.8 Å². The van der Waals surface area contributed by atoms with Crippen molar-refractivity contribution in [1.29, 1.82) is 1.45 Å². The number of benzene rings is 3. The molecule has 3 aromatic heterocycles. The zero-order valence-corrected chi connectivity index (χ0v) is 45.5. The number of aromatic amines is 1. The second-order valence-electron chi connectivity index (χ2n) is 18.1. The van der Waals surface area contributed by atoms with Crippen molar-refractivity contribution in [3.8, 4) is 0 Å². The van der Waals surface area contributed by atoms with Crippen molar-refractivity contribution < 1.29 is 59.9 Å². The van der Waals surface area contributed by atoms with Gasteiger partial charge < -0.3 is 46.0 Å². The van der Waals surface area contributed by atoms with Crippen LogP contribution in [0.4, 0.5) is 16.5 Å². The number of aliphatic carboxylic acids is 1. The predicted octanol–water partition coefficient (Wildman–Crippen LogP) is 3.93. The molecule has 0 aliphatic carbocycles. The van der Waals surface area contributed by atoms with Gasteiger partial charge in [-0.2, -0.15) is 18.2 Å². The Morgan fingerprint density at radius 2 is 1.52 bits per heavy atom. The van der Waals surface area contributed by atoms with Crippen LogP contribution in [0.3, 0.4) is 0 Å². The van der Waals surface area contributed by atoms with E-state index in [2.05, 4.69) is 58.2 Å². The number of nitrogens with zero attached hydrogens (tertiary/aromatic N) is 4. The first-order chi connectivity index (χ1) is 38.7. The standard InChI is InChI=1S/C52H62N12O13S2.CH4.FH/c1-33-25-34(2)48(35(3)26-33)78(72,73)63-41(51(70)71)31-59-50(69)40-32-64(42-27-36(11-13-39(42)47(40)67)28-60-52-56-20-21-57-52)22-6-17-53-45(65)15-16-46(66)54-18-7-23-77-24-8-19-55-49(68)38-12-14-44(58-29-38)62-61-30-37-9-4-5-10-43(37)79(74,75)76;;/h4-5,9-14,20-21,25-27,29-30,32,41,63H,6-8,15-19,22-24,28,31H2,1-3H3,(H,53,65)(H,54,66)(H,55,68)(H,58,62)(H,59,69)(H,70,71)(H2,56,57,60)(H,74,75,76);1H4;1H/b61-30+;;/t41-;;/m0../s1/i/hT. The molecule has 4 amide bonds. The number of carbonyl (C=O) groups excluding carboxylic acids is 4. The number of ether oxygens (including phenoxy) is 1. The first kappa shape index (κ1) is 63.4. The third-order valence-electron chi connectivity index (χ3n) is 11.9. The molecule has 3 heterocycles. The Hall–Kier alpha value is -8.44. The summed E-state index contributed by atoms with van der Waals surface area (Å²) in [5.74, 6) is -2.70. The molecule has 436 valence electrons. The number of imidazole rings is 1. The molecule has 81 heavy (non-hydrogen) atoms. The normalized spacial score (nSPS) is 11.8. The molecule has 0 bridgehead atoms. The van der Waals surface area contributed by atoms with Gasteiger partial charge in [-0.3, -0.25) is 43.5 Å². The minimum absolute atomic E-state index is 0. The fourth-order valence-corrected chi connectivity index (χ4v) is 10.5. The van der Waals surface area contributed by atoms with E-state index in [1.807, 2.05) is 0 Å². The molecule has 0 aliphatic heterocycles. The second kappa shape index (κ2) is 30.8. The second-order valence-corrected chi connectivity index (χ2v) is 21.1. The summed E-state index contributed by atoms with van der Waals surface area (Å²) in [5, 5.41) is 28.0. The first-order valence-electron chi connectivity index (χ1n) is 25.3. The lowest BCUT2D eigenvalue weighted by molar-refractivity contribution is -0.138. The number of sulfonamides is 1. The lowest BCUT2D eigenvalue weighted by Crippen LogP contribution is -2.49. The van der Waals surface area contributed by atoms with E-state index in [0.717, 1.165) is 11.1 Å². The zero-order valence-electron chi connectivity index (χ0n) is 44.9. The Labute approximate surface area is 468 Å². The van der Waals surface area contributed by atoms with Gasteiger partial charge in [0.15, 0.2) is 5.95 Å². The van der Waals surface area contributed by atoms with Crippen molar-refractivity contribution in [3.05, 3.63) is 141 Å². The Bertz CT molecular complexity index is 3460. The summed E-state index contributed by atoms with van der Waals surface area (Å²) in [6.45, 7) is 6.39. The minimum Gasteiger partial charge on any atom is -0.480 e. The van der Waals surface area contributed by atoms with Crippen LogP contribution in [0.15, 0.2) is 111 Å². The van der Waals surface area contributed by atoms with Crippen molar-refractivity contribution >= 4 is 78.6 Å². The molecule has 0 aliphatic rings. The highest BCUT2D eigenvalue weighted by Crippen LogP contribution is 2.22. The molecule has 25 nitrogen and oxygen atoms in total. The Morgan fingerprint density at radius 1 is 0.852 bits per heavy atom. The van der Waals surface area contributed by atoms with Gasteiger partial charge in [0.05, 0.1) is 22.2 Å². The number of hydrazone groups is 1. The Kier molecular flexibility index (Phi) is 24.1. The summed E-state index contributed by atoms with van der Waals surface area (Å²) in [6, 6.07) is 15.4. The maximum absolute atomic E-state index is 13.8. The van der Waals surface area contributed by atoms with Crippen molar-refractivity contribution in [2.45, 2.75) is 89.2 Å². The fourth-order valence-electron chi connectivity index (χ4n) is 8.19. The smallest absolute Gasteiger partial charge is 0.323 e. The number of carbonyl (C=O) groups is 5. The van der Waals surface area contributed by atoms with E-state index in [0.29, 0.717) is 80.3 Å². The molecule has 0 saturated heterocycles. The molecule has 6 aromatic rings. The van der Waals surface area contributed by atoms with E-state index in [-0.39, 0.29) is 83.2 Å². The average molecular weight is 1170 g/mol. The van der Waals surface area contributed by atoms with Crippen molar-refractivity contribution in [2.75, 3.05) is 50.1 Å². The average Bonchev–Trinajstić information content (AvgIpc) is 4.10.